The summed E-state index contributed by atoms with van der Waals surface area (Å²) in [6.45, 7) is 32.0. The molecule has 0 bridgehead atoms. The van der Waals surface area contributed by atoms with E-state index in [9.17, 15) is 43.2 Å². The summed E-state index contributed by atoms with van der Waals surface area (Å²) in [5.41, 5.74) is 7.18. The lowest BCUT2D eigenvalue weighted by Gasteiger charge is -2.24. The van der Waals surface area contributed by atoms with Crippen molar-refractivity contribution in [2.45, 2.75) is 207 Å². The maximum Gasteiger partial charge on any atom is 0.232 e. The van der Waals surface area contributed by atoms with Gasteiger partial charge in [0.2, 0.25) is 11.8 Å². The van der Waals surface area contributed by atoms with E-state index in [0.29, 0.717) is 69.6 Å². The standard InChI is InChI=1S/C17H22O3.C13H25NO2.C8H13NO2.C7H14O.C5H10O.C2H6/c1-13(18)4-3-5-17(20)11-10-15-6-8-16(9-7-15)12-14(2)19;1-10(15)9-11(7-5-6-8-14)12(16)13(2,3)4;1-5(2)9-7(10)4-6(3)8(9)11;1-4-7(8)5-6(2)3;1-4(2)5(3)6;1-2/h6-9H,3-5,10-12H2,1-2H3;11H,5-9,14H2,1-4H3;5-6H,4H2,1-3H3;6H,4-5H2,1-3H3;4H,1-3H3;1-2H3. The summed E-state index contributed by atoms with van der Waals surface area (Å²) in [6.07, 6.45) is 8.17. The van der Waals surface area contributed by atoms with Crippen molar-refractivity contribution in [3.05, 3.63) is 35.4 Å². The van der Waals surface area contributed by atoms with E-state index in [0.717, 1.165) is 43.2 Å². The predicted molar refractivity (Wildman–Crippen MR) is 257 cm³/mol. The molecule has 0 spiro atoms. The lowest BCUT2D eigenvalue weighted by atomic mass is 9.79. The van der Waals surface area contributed by atoms with Gasteiger partial charge in [0.05, 0.1) is 0 Å². The minimum atomic E-state index is -0.358. The van der Waals surface area contributed by atoms with Crippen LogP contribution in [0.1, 0.15) is 199 Å². The van der Waals surface area contributed by atoms with Gasteiger partial charge in [-0.3, -0.25) is 38.5 Å². The Kier molecular flexibility index (Phi) is 38.9. The first-order valence-corrected chi connectivity index (χ1v) is 23.3. The maximum absolute atomic E-state index is 12.1. The Bertz CT molecular complexity index is 1520. The molecule has 1 aliphatic heterocycles. The zero-order chi connectivity index (χ0) is 50.0. The number of likely N-dealkylation sites (tertiary alicyclic amines) is 1. The van der Waals surface area contributed by atoms with Crippen LogP contribution < -0.4 is 5.73 Å². The fraction of sp³-hybridized carbons (Fsp3) is 0.712. The van der Waals surface area contributed by atoms with Crippen LogP contribution in [0.15, 0.2) is 24.3 Å². The van der Waals surface area contributed by atoms with Crippen molar-refractivity contribution >= 4 is 52.3 Å². The van der Waals surface area contributed by atoms with Gasteiger partial charge in [-0.1, -0.05) is 107 Å². The fourth-order valence-electron chi connectivity index (χ4n) is 5.82. The van der Waals surface area contributed by atoms with Crippen LogP contribution in [-0.2, 0) is 56.0 Å². The van der Waals surface area contributed by atoms with E-state index >= 15 is 0 Å². The number of carbonyl (C=O) groups is 9. The fourth-order valence-corrected chi connectivity index (χ4v) is 5.82. The van der Waals surface area contributed by atoms with Crippen molar-refractivity contribution in [3.63, 3.8) is 0 Å². The van der Waals surface area contributed by atoms with Gasteiger partial charge in [-0.05, 0) is 90.8 Å². The lowest BCUT2D eigenvalue weighted by Crippen LogP contribution is -2.36. The monoisotopic (exact) mass is 887 g/mol. The average molecular weight is 887 g/mol. The SMILES string of the molecule is CC.CC(=O)C(C)C.CC(=O)CC(CCCCN)C(=O)C(C)(C)C.CC(=O)CCCC(=O)CCc1ccc(CC(C)=O)cc1.CC1CC(=O)N(C(C)C)C1=O.CCC(=O)CC(C)C. The summed E-state index contributed by atoms with van der Waals surface area (Å²) in [7, 11) is 0. The second-order valence-corrected chi connectivity index (χ2v) is 18.3. The van der Waals surface area contributed by atoms with Gasteiger partial charge in [0.15, 0.2) is 0 Å². The van der Waals surface area contributed by atoms with E-state index in [-0.39, 0.29) is 75.7 Å². The molecule has 362 valence electrons. The maximum atomic E-state index is 12.1. The van der Waals surface area contributed by atoms with Crippen LogP contribution in [0.2, 0.25) is 0 Å². The molecule has 11 nitrogen and oxygen atoms in total. The second kappa shape index (κ2) is 37.4. The molecule has 2 N–H and O–H groups in total. The lowest BCUT2D eigenvalue weighted by molar-refractivity contribution is -0.141. The molecule has 2 rings (SSSR count). The van der Waals surface area contributed by atoms with Crippen molar-refractivity contribution in [3.8, 4) is 0 Å². The number of hydrogen-bond acceptors (Lipinski definition) is 10. The van der Waals surface area contributed by atoms with E-state index in [1.165, 1.54) is 4.90 Å². The quantitative estimate of drug-likeness (QED) is 0.0921. The van der Waals surface area contributed by atoms with Gasteiger partial charge in [0, 0.05) is 80.6 Å². The van der Waals surface area contributed by atoms with Crippen LogP contribution >= 0.6 is 0 Å². The largest absolute Gasteiger partial charge is 0.330 e. The number of nitrogens with two attached hydrogens (primary N) is 1. The Morgan fingerprint density at radius 1 is 0.714 bits per heavy atom. The first-order chi connectivity index (χ1) is 29.1. The first kappa shape index (κ1) is 65.6. The molecule has 2 amide bonds. The topological polar surface area (TPSA) is 183 Å². The molecule has 2 atom stereocenters. The summed E-state index contributed by atoms with van der Waals surface area (Å²) in [6, 6.07) is 7.84. The number of unbranched alkanes of at least 4 members (excludes halogenated alkanes) is 1. The number of benzene rings is 1. The number of nitrogens with zero attached hydrogens (tertiary/aromatic N) is 1. The zero-order valence-corrected chi connectivity index (χ0v) is 42.8. The van der Waals surface area contributed by atoms with Crippen LogP contribution in [0.4, 0.5) is 0 Å². The molecule has 63 heavy (non-hydrogen) atoms. The number of aryl methyl sites for hydroxylation is 1. The van der Waals surface area contributed by atoms with Gasteiger partial charge in [-0.2, -0.15) is 0 Å². The molecule has 1 heterocycles. The van der Waals surface area contributed by atoms with Gasteiger partial charge >= 0.3 is 0 Å². The molecular weight excluding hydrogens is 797 g/mol. The normalized spacial score (nSPS) is 13.4. The zero-order valence-electron chi connectivity index (χ0n) is 42.8. The van der Waals surface area contributed by atoms with E-state index in [2.05, 4.69) is 13.8 Å². The molecular formula is C52H90N2O9. The summed E-state index contributed by atoms with van der Waals surface area (Å²) < 4.78 is 0. The molecule has 1 aromatic carbocycles. The van der Waals surface area contributed by atoms with E-state index in [4.69, 9.17) is 5.73 Å². The Morgan fingerprint density at radius 2 is 1.22 bits per heavy atom. The van der Waals surface area contributed by atoms with E-state index in [1.807, 2.05) is 93.5 Å². The van der Waals surface area contributed by atoms with Gasteiger partial charge < -0.3 is 15.3 Å². The van der Waals surface area contributed by atoms with Gasteiger partial charge in [-0.15, -0.1) is 0 Å². The third-order valence-electron chi connectivity index (χ3n) is 9.57. The third-order valence-corrected chi connectivity index (χ3v) is 9.57. The number of ketones is 7. The molecule has 0 radical (unpaired) electrons. The molecule has 1 aliphatic rings. The Labute approximate surface area is 383 Å². The van der Waals surface area contributed by atoms with Gasteiger partial charge in [0.25, 0.3) is 0 Å². The average Bonchev–Trinajstić information content (AvgIpc) is 3.44. The molecule has 1 saturated heterocycles. The molecule has 1 aromatic rings. The summed E-state index contributed by atoms with van der Waals surface area (Å²) in [5, 5.41) is 0. The molecule has 11 heteroatoms. The summed E-state index contributed by atoms with van der Waals surface area (Å²) in [5.74, 6) is 1.88. The third kappa shape index (κ3) is 37.1. The number of amides is 2. The van der Waals surface area contributed by atoms with Crippen LogP contribution in [0, 0.1) is 29.1 Å². The van der Waals surface area contributed by atoms with E-state index < -0.39 is 0 Å². The highest BCUT2D eigenvalue weighted by molar-refractivity contribution is 6.03. The molecule has 0 aromatic heterocycles. The minimum absolute atomic E-state index is 0.0138. The molecule has 2 unspecified atom stereocenters. The number of Topliss-reactive ketones (excluding diaryl/α,β-unsaturated/α-hetero) is 7. The number of imide groups is 1. The summed E-state index contributed by atoms with van der Waals surface area (Å²) in [4.78, 5) is 101. The molecule has 0 aliphatic carbocycles. The Hall–Kier alpha value is -3.99. The Morgan fingerprint density at radius 3 is 1.54 bits per heavy atom. The number of hydrogen-bond donors (Lipinski definition) is 1. The smallest absolute Gasteiger partial charge is 0.232 e. The van der Waals surface area contributed by atoms with Crippen molar-refractivity contribution in [2.24, 2.45) is 34.8 Å². The van der Waals surface area contributed by atoms with Gasteiger partial charge in [-0.25, -0.2) is 0 Å². The highest BCUT2D eigenvalue weighted by Gasteiger charge is 2.36. The second-order valence-electron chi connectivity index (χ2n) is 18.3. The molecule has 0 saturated carbocycles. The van der Waals surface area contributed by atoms with Gasteiger partial charge in [0.1, 0.15) is 40.5 Å². The van der Waals surface area contributed by atoms with Crippen LogP contribution in [0.5, 0.6) is 0 Å². The predicted octanol–water partition coefficient (Wildman–Crippen LogP) is 10.5. The summed E-state index contributed by atoms with van der Waals surface area (Å²) >= 11 is 0. The highest BCUT2D eigenvalue weighted by Crippen LogP contribution is 2.26. The number of carbonyl (C=O) groups excluding carboxylic acids is 9. The van der Waals surface area contributed by atoms with Crippen molar-refractivity contribution in [1.29, 1.82) is 0 Å². The van der Waals surface area contributed by atoms with Crippen molar-refractivity contribution in [1.82, 2.24) is 4.90 Å². The highest BCUT2D eigenvalue weighted by atomic mass is 16.2. The van der Waals surface area contributed by atoms with Crippen molar-refractivity contribution < 1.29 is 43.2 Å². The van der Waals surface area contributed by atoms with Crippen LogP contribution in [0.3, 0.4) is 0 Å². The Balaban J connectivity index is -0.000000362. The first-order valence-electron chi connectivity index (χ1n) is 23.3. The minimum Gasteiger partial charge on any atom is -0.330 e. The van der Waals surface area contributed by atoms with Crippen LogP contribution in [0.25, 0.3) is 0 Å². The molecule has 1 fully saturated rings. The van der Waals surface area contributed by atoms with E-state index in [1.54, 1.807) is 34.6 Å². The number of rotatable bonds is 21. The van der Waals surface area contributed by atoms with Crippen LogP contribution in [-0.4, -0.2) is 69.8 Å². The van der Waals surface area contributed by atoms with Crippen molar-refractivity contribution in [2.75, 3.05) is 6.54 Å².